The Morgan fingerprint density at radius 3 is 2.50 bits per heavy atom. The van der Waals surface area contributed by atoms with Crippen LogP contribution in [0.4, 0.5) is 0 Å². The molecule has 2 amide bonds. The Balaban J connectivity index is 0.00000148. The van der Waals surface area contributed by atoms with E-state index in [9.17, 15) is 9.59 Å². The predicted molar refractivity (Wildman–Crippen MR) is 136 cm³/mol. The van der Waals surface area contributed by atoms with E-state index in [4.69, 9.17) is 14.2 Å². The zero-order valence-corrected chi connectivity index (χ0v) is 21.3. The molecule has 9 heteroatoms. The molecule has 36 heavy (non-hydrogen) atoms. The number of carbonyl (C=O) groups is 2. The fourth-order valence-electron chi connectivity index (χ4n) is 5.01. The highest BCUT2D eigenvalue weighted by atomic mass is 16.7. The number of methoxy groups -OCH3 is 1. The summed E-state index contributed by atoms with van der Waals surface area (Å²) in [5.74, 6) is 1.89. The molecule has 2 fully saturated rings. The summed E-state index contributed by atoms with van der Waals surface area (Å²) in [5, 5.41) is 5.69. The number of ether oxygens (including phenoxy) is 3. The van der Waals surface area contributed by atoms with Gasteiger partial charge in [-0.25, -0.2) is 4.98 Å². The summed E-state index contributed by atoms with van der Waals surface area (Å²) in [6, 6.07) is 9.74. The van der Waals surface area contributed by atoms with Gasteiger partial charge in [-0.15, -0.1) is 0 Å². The molecule has 0 unspecified atom stereocenters. The normalized spacial score (nSPS) is 21.0. The summed E-state index contributed by atoms with van der Waals surface area (Å²) in [6.45, 7) is 5.83. The number of hydrogen-bond donors (Lipinski definition) is 2. The maximum atomic E-state index is 12.3. The van der Waals surface area contributed by atoms with E-state index in [0.29, 0.717) is 34.9 Å². The SMILES string of the molecule is CC.COc1ccc(C2CCC(N3CC(NC(=O)CNC(=O)c4ccc5c(c4)OCO5)C3)CC2)cn1. The van der Waals surface area contributed by atoms with Gasteiger partial charge in [0.05, 0.1) is 19.7 Å². The second-order valence-corrected chi connectivity index (χ2v) is 9.11. The minimum Gasteiger partial charge on any atom is -0.481 e. The van der Waals surface area contributed by atoms with Gasteiger partial charge in [-0.05, 0) is 55.4 Å². The van der Waals surface area contributed by atoms with E-state index in [0.717, 1.165) is 38.8 Å². The molecule has 194 valence electrons. The number of amides is 2. The van der Waals surface area contributed by atoms with Crippen LogP contribution >= 0.6 is 0 Å². The van der Waals surface area contributed by atoms with Gasteiger partial charge in [-0.3, -0.25) is 14.5 Å². The molecule has 1 saturated heterocycles. The van der Waals surface area contributed by atoms with Crippen molar-refractivity contribution in [1.82, 2.24) is 20.5 Å². The summed E-state index contributed by atoms with van der Waals surface area (Å²) in [7, 11) is 1.63. The van der Waals surface area contributed by atoms with Crippen LogP contribution in [0.2, 0.25) is 0 Å². The Morgan fingerprint density at radius 1 is 1.06 bits per heavy atom. The van der Waals surface area contributed by atoms with Gasteiger partial charge in [0, 0.05) is 37.0 Å². The van der Waals surface area contributed by atoms with Gasteiger partial charge in [0.1, 0.15) is 0 Å². The van der Waals surface area contributed by atoms with Crippen molar-refractivity contribution < 1.29 is 23.8 Å². The average molecular weight is 497 g/mol. The van der Waals surface area contributed by atoms with Crippen LogP contribution in [0.15, 0.2) is 36.5 Å². The summed E-state index contributed by atoms with van der Waals surface area (Å²) in [5.41, 5.74) is 1.73. The molecule has 0 atom stereocenters. The van der Waals surface area contributed by atoms with Gasteiger partial charge in [0.15, 0.2) is 11.5 Å². The third-order valence-electron chi connectivity index (χ3n) is 6.97. The second kappa shape index (κ2) is 12.1. The van der Waals surface area contributed by atoms with Crippen LogP contribution in [0.1, 0.15) is 61.4 Å². The molecule has 1 aromatic heterocycles. The molecule has 1 aromatic carbocycles. The van der Waals surface area contributed by atoms with Crippen molar-refractivity contribution in [2.75, 3.05) is 33.5 Å². The molecule has 2 aromatic rings. The van der Waals surface area contributed by atoms with Gasteiger partial charge >= 0.3 is 0 Å². The lowest BCUT2D eigenvalue weighted by atomic mass is 9.81. The fourth-order valence-corrected chi connectivity index (χ4v) is 5.01. The summed E-state index contributed by atoms with van der Waals surface area (Å²) >= 11 is 0. The molecular weight excluding hydrogens is 460 g/mol. The van der Waals surface area contributed by atoms with E-state index < -0.39 is 0 Å². The van der Waals surface area contributed by atoms with Crippen LogP contribution < -0.4 is 24.8 Å². The molecule has 0 spiro atoms. The third kappa shape index (κ3) is 6.07. The van der Waals surface area contributed by atoms with Crippen LogP contribution in [0.5, 0.6) is 17.4 Å². The van der Waals surface area contributed by atoms with Gasteiger partial charge in [0.25, 0.3) is 5.91 Å². The van der Waals surface area contributed by atoms with E-state index in [1.165, 1.54) is 5.56 Å². The largest absolute Gasteiger partial charge is 0.481 e. The molecule has 3 aliphatic rings. The molecule has 0 bridgehead atoms. The number of rotatable bonds is 7. The van der Waals surface area contributed by atoms with Crippen molar-refractivity contribution in [1.29, 1.82) is 0 Å². The van der Waals surface area contributed by atoms with Crippen molar-refractivity contribution >= 4 is 11.8 Å². The lowest BCUT2D eigenvalue weighted by molar-refractivity contribution is -0.122. The number of benzene rings is 1. The van der Waals surface area contributed by atoms with Gasteiger partial charge in [-0.2, -0.15) is 0 Å². The topological polar surface area (TPSA) is 102 Å². The quantitative estimate of drug-likeness (QED) is 0.607. The minimum atomic E-state index is -0.312. The zero-order valence-electron chi connectivity index (χ0n) is 21.3. The Hall–Kier alpha value is -3.33. The van der Waals surface area contributed by atoms with Crippen LogP contribution in [0.25, 0.3) is 0 Å². The number of aromatic nitrogens is 1. The van der Waals surface area contributed by atoms with Crippen molar-refractivity contribution in [3.05, 3.63) is 47.7 Å². The number of fused-ring (bicyclic) bond motifs is 1. The molecular formula is C27H36N4O5. The highest BCUT2D eigenvalue weighted by molar-refractivity contribution is 5.97. The maximum absolute atomic E-state index is 12.3. The van der Waals surface area contributed by atoms with Crippen LogP contribution in [0.3, 0.4) is 0 Å². The molecule has 2 N–H and O–H groups in total. The second-order valence-electron chi connectivity index (χ2n) is 9.11. The minimum absolute atomic E-state index is 0.0508. The number of likely N-dealkylation sites (tertiary alicyclic amines) is 1. The van der Waals surface area contributed by atoms with Gasteiger partial charge in [0.2, 0.25) is 18.6 Å². The first-order chi connectivity index (χ1) is 17.6. The average Bonchev–Trinajstić information content (AvgIpc) is 3.38. The van der Waals surface area contributed by atoms with E-state index in [-0.39, 0.29) is 31.2 Å². The molecule has 1 saturated carbocycles. The fraction of sp³-hybridized carbons (Fsp3) is 0.519. The Bertz CT molecular complexity index is 1030. The zero-order chi connectivity index (χ0) is 25.5. The van der Waals surface area contributed by atoms with Crippen LogP contribution in [0, 0.1) is 0 Å². The first-order valence-corrected chi connectivity index (χ1v) is 12.8. The number of nitrogens with zero attached hydrogens (tertiary/aromatic N) is 2. The van der Waals surface area contributed by atoms with E-state index in [1.54, 1.807) is 25.3 Å². The summed E-state index contributed by atoms with van der Waals surface area (Å²) in [4.78, 5) is 31.4. The monoisotopic (exact) mass is 496 g/mol. The van der Waals surface area contributed by atoms with Crippen molar-refractivity contribution in [3.8, 4) is 17.4 Å². The molecule has 0 radical (unpaired) electrons. The van der Waals surface area contributed by atoms with Crippen molar-refractivity contribution in [2.45, 2.75) is 57.5 Å². The Labute approximate surface area is 212 Å². The molecule has 3 heterocycles. The Kier molecular flexibility index (Phi) is 8.64. The van der Waals surface area contributed by atoms with Crippen molar-refractivity contribution in [2.24, 2.45) is 0 Å². The predicted octanol–water partition coefficient (Wildman–Crippen LogP) is 3.10. The summed E-state index contributed by atoms with van der Waals surface area (Å²) < 4.78 is 15.7. The van der Waals surface area contributed by atoms with Gasteiger partial charge < -0.3 is 24.8 Å². The van der Waals surface area contributed by atoms with E-state index in [1.807, 2.05) is 26.1 Å². The van der Waals surface area contributed by atoms with Crippen LogP contribution in [-0.4, -0.2) is 67.3 Å². The molecule has 9 nitrogen and oxygen atoms in total. The van der Waals surface area contributed by atoms with Crippen LogP contribution in [-0.2, 0) is 4.79 Å². The molecule has 2 aliphatic heterocycles. The molecule has 5 rings (SSSR count). The van der Waals surface area contributed by atoms with E-state index >= 15 is 0 Å². The number of carbonyl (C=O) groups excluding carboxylic acids is 2. The Morgan fingerprint density at radius 2 is 1.81 bits per heavy atom. The maximum Gasteiger partial charge on any atom is 0.251 e. The van der Waals surface area contributed by atoms with Gasteiger partial charge in [-0.1, -0.05) is 19.9 Å². The first-order valence-electron chi connectivity index (χ1n) is 12.8. The number of hydrogen-bond acceptors (Lipinski definition) is 7. The number of pyridine rings is 1. The highest BCUT2D eigenvalue weighted by Crippen LogP contribution is 2.36. The number of nitrogens with one attached hydrogen (secondary N) is 2. The third-order valence-corrected chi connectivity index (χ3v) is 6.97. The molecule has 1 aliphatic carbocycles. The van der Waals surface area contributed by atoms with Crippen molar-refractivity contribution in [3.63, 3.8) is 0 Å². The standard InChI is InChI=1S/C25H30N4O5.C2H6/c1-32-24-9-5-18(11-26-24)16-2-6-20(7-3-16)29-13-19(14-29)28-23(30)12-27-25(31)17-4-8-21-22(10-17)34-15-33-21;1-2/h4-5,8-11,16,19-20H,2-3,6-7,12-15H2,1H3,(H,27,31)(H,28,30);1-2H3. The lowest BCUT2D eigenvalue weighted by Crippen LogP contribution is -2.63. The summed E-state index contributed by atoms with van der Waals surface area (Å²) in [6.07, 6.45) is 6.55. The lowest BCUT2D eigenvalue weighted by Gasteiger charge is -2.46. The van der Waals surface area contributed by atoms with E-state index in [2.05, 4.69) is 26.6 Å². The highest BCUT2D eigenvalue weighted by Gasteiger charge is 2.35. The first kappa shape index (κ1) is 25.8. The smallest absolute Gasteiger partial charge is 0.251 e.